The van der Waals surface area contributed by atoms with Crippen molar-refractivity contribution in [2.45, 2.75) is 0 Å². The van der Waals surface area contributed by atoms with Crippen LogP contribution in [0.1, 0.15) is 0 Å². The van der Waals surface area contributed by atoms with E-state index in [1.165, 1.54) is 0 Å². The average Bonchev–Trinajstić information content (AvgIpc) is 2.29. The Kier molecular flexibility index (Phi) is 3.60. The molecule has 6 heteroatoms. The molecule has 4 nitrogen and oxygen atoms in total. The molecule has 2 aromatic heterocycles. The van der Waals surface area contributed by atoms with Gasteiger partial charge >= 0.3 is 92.6 Å². The second kappa shape index (κ2) is 5.17. The first kappa shape index (κ1) is 9.74. The Morgan fingerprint density at radius 2 is 1.00 bits per heavy atom. The summed E-state index contributed by atoms with van der Waals surface area (Å²) in [5.74, 6) is 0. The van der Waals surface area contributed by atoms with Crippen LogP contribution in [0.4, 0.5) is 0 Å². The van der Waals surface area contributed by atoms with Gasteiger partial charge < -0.3 is 0 Å². The zero-order valence-electron chi connectivity index (χ0n) is 7.07. The minimum atomic E-state index is 0.287. The van der Waals surface area contributed by atoms with Crippen LogP contribution >= 0.6 is 0 Å². The molecule has 0 atom stereocenters. The zero-order chi connectivity index (χ0) is 9.64. The van der Waals surface area contributed by atoms with Crippen molar-refractivity contribution in [3.63, 3.8) is 0 Å². The third-order valence-electron chi connectivity index (χ3n) is 1.27. The van der Waals surface area contributed by atoms with Crippen molar-refractivity contribution in [2.24, 2.45) is 0 Å². The molecule has 0 saturated carbocycles. The van der Waals surface area contributed by atoms with Gasteiger partial charge in [-0.15, -0.1) is 0 Å². The van der Waals surface area contributed by atoms with Gasteiger partial charge in [0.1, 0.15) is 0 Å². The van der Waals surface area contributed by atoms with Gasteiger partial charge in [-0.1, -0.05) is 0 Å². The van der Waals surface area contributed by atoms with Gasteiger partial charge in [0, 0.05) is 0 Å². The van der Waals surface area contributed by atoms with E-state index in [9.17, 15) is 0 Å². The Morgan fingerprint density at radius 3 is 1.36 bits per heavy atom. The van der Waals surface area contributed by atoms with E-state index in [1.54, 1.807) is 24.8 Å². The monoisotopic (exact) mass is 318 g/mol. The molecule has 0 fully saturated rings. The van der Waals surface area contributed by atoms with Crippen LogP contribution in [0, 0.1) is 0 Å². The summed E-state index contributed by atoms with van der Waals surface area (Å²) >= 11 is 0.575. The number of hydrogen-bond acceptors (Lipinski definition) is 4. The molecule has 0 aliphatic carbocycles. The average molecular weight is 316 g/mol. The molecule has 2 aromatic rings. The number of hydrogen-bond donors (Lipinski definition) is 0. The maximum absolute atomic E-state index is 4.17. The predicted octanol–water partition coefficient (Wildman–Crippen LogP) is -1.46. The number of aromatic nitrogens is 4. The molecule has 14 heavy (non-hydrogen) atoms. The summed E-state index contributed by atoms with van der Waals surface area (Å²) in [5.41, 5.74) is 0. The van der Waals surface area contributed by atoms with Gasteiger partial charge in [0.25, 0.3) is 0 Å². The van der Waals surface area contributed by atoms with Gasteiger partial charge in [0.2, 0.25) is 0 Å². The van der Waals surface area contributed by atoms with Gasteiger partial charge in [-0.05, 0) is 0 Å². The summed E-state index contributed by atoms with van der Waals surface area (Å²) < 4.78 is 1.85. The second-order valence-corrected chi connectivity index (χ2v) is 8.09. The summed E-state index contributed by atoms with van der Waals surface area (Å²) in [5, 5.41) is 0. The van der Waals surface area contributed by atoms with Gasteiger partial charge in [0.05, 0.1) is 0 Å². The fraction of sp³-hybridized carbons (Fsp3) is 0. The summed E-state index contributed by atoms with van der Waals surface area (Å²) in [7, 11) is 0. The number of rotatable bonds is 3. The first-order chi connectivity index (χ1) is 6.95. The van der Waals surface area contributed by atoms with Gasteiger partial charge in [-0.2, -0.15) is 0 Å². The van der Waals surface area contributed by atoms with E-state index in [1.807, 2.05) is 12.1 Å². The van der Waals surface area contributed by atoms with Crippen molar-refractivity contribution in [2.75, 3.05) is 0 Å². The van der Waals surface area contributed by atoms with Crippen LogP contribution < -0.4 is 9.45 Å². The van der Waals surface area contributed by atoms with E-state index < -0.39 is 0 Å². The van der Waals surface area contributed by atoms with E-state index in [0.717, 1.165) is 9.45 Å². The van der Waals surface area contributed by atoms with Crippen LogP contribution in [0.5, 0.6) is 0 Å². The van der Waals surface area contributed by atoms with Crippen LogP contribution in [0.25, 0.3) is 0 Å². The van der Waals surface area contributed by atoms with Crippen LogP contribution in [0.15, 0.2) is 36.9 Å². The summed E-state index contributed by atoms with van der Waals surface area (Å²) in [6.45, 7) is 0. The minimum absolute atomic E-state index is 0.287. The molecular formula is C8H6N4Se2. The molecule has 0 unspecified atom stereocenters. The van der Waals surface area contributed by atoms with Crippen molar-refractivity contribution in [3.8, 4) is 0 Å². The standard InChI is InChI=1S/C8H6N4Se2/c1-3-9-7(10-4-1)13-14-8-11-5-2-6-12-8/h1-6H. The molecule has 0 aromatic carbocycles. The Bertz CT molecular complexity index is 342. The van der Waals surface area contributed by atoms with E-state index in [4.69, 9.17) is 0 Å². The Balaban J connectivity index is 1.96. The zero-order valence-corrected chi connectivity index (χ0v) is 10.5. The molecule has 0 amide bonds. The van der Waals surface area contributed by atoms with Gasteiger partial charge in [-0.25, -0.2) is 0 Å². The molecule has 0 N–H and O–H groups in total. The summed E-state index contributed by atoms with van der Waals surface area (Å²) in [6, 6.07) is 3.65. The Hall–Kier alpha value is -0.801. The molecule has 0 spiro atoms. The third-order valence-corrected chi connectivity index (χ3v) is 7.12. The van der Waals surface area contributed by atoms with E-state index >= 15 is 0 Å². The molecule has 0 saturated heterocycles. The normalized spacial score (nSPS) is 10.0. The van der Waals surface area contributed by atoms with E-state index in [2.05, 4.69) is 19.9 Å². The summed E-state index contributed by atoms with van der Waals surface area (Å²) in [6.07, 6.45) is 7.08. The van der Waals surface area contributed by atoms with Crippen molar-refractivity contribution >= 4 is 35.7 Å². The fourth-order valence-corrected chi connectivity index (χ4v) is 5.42. The van der Waals surface area contributed by atoms with Gasteiger partial charge in [-0.3, -0.25) is 0 Å². The van der Waals surface area contributed by atoms with Crippen LogP contribution in [-0.4, -0.2) is 46.2 Å². The van der Waals surface area contributed by atoms with Crippen molar-refractivity contribution in [1.29, 1.82) is 0 Å². The third kappa shape index (κ3) is 2.86. The maximum atomic E-state index is 4.17. The Morgan fingerprint density at radius 1 is 0.643 bits per heavy atom. The molecule has 70 valence electrons. The second-order valence-electron chi connectivity index (χ2n) is 2.23. The number of nitrogens with zero attached hydrogens (tertiary/aromatic N) is 4. The Labute approximate surface area is 92.5 Å². The van der Waals surface area contributed by atoms with Crippen molar-refractivity contribution < 1.29 is 0 Å². The predicted molar refractivity (Wildman–Crippen MR) is 54.8 cm³/mol. The van der Waals surface area contributed by atoms with Crippen molar-refractivity contribution in [3.05, 3.63) is 36.9 Å². The molecule has 0 bridgehead atoms. The molecule has 2 heterocycles. The van der Waals surface area contributed by atoms with Gasteiger partial charge in [0.15, 0.2) is 0 Å². The topological polar surface area (TPSA) is 51.6 Å². The summed E-state index contributed by atoms with van der Waals surface area (Å²) in [4.78, 5) is 16.7. The van der Waals surface area contributed by atoms with E-state index in [0.29, 0.717) is 0 Å². The molecular weight excluding hydrogens is 310 g/mol. The molecule has 0 aliphatic heterocycles. The quantitative estimate of drug-likeness (QED) is 0.650. The van der Waals surface area contributed by atoms with Crippen LogP contribution in [0.3, 0.4) is 0 Å². The fourth-order valence-electron chi connectivity index (χ4n) is 0.731. The SMILES string of the molecule is c1cnc([Se][Se]c2ncccn2)nc1. The first-order valence-corrected chi connectivity index (χ1v) is 9.88. The first-order valence-electron chi connectivity index (χ1n) is 3.84. The molecule has 0 radical (unpaired) electrons. The molecule has 2 rings (SSSR count). The van der Waals surface area contributed by atoms with Crippen LogP contribution in [-0.2, 0) is 0 Å². The van der Waals surface area contributed by atoms with E-state index in [-0.39, 0.29) is 26.3 Å². The van der Waals surface area contributed by atoms with Crippen LogP contribution in [0.2, 0.25) is 0 Å². The molecule has 0 aliphatic rings. The van der Waals surface area contributed by atoms with Crippen molar-refractivity contribution in [1.82, 2.24) is 19.9 Å².